The minimum atomic E-state index is -0.0987. The lowest BCUT2D eigenvalue weighted by molar-refractivity contribution is 0.423. The van der Waals surface area contributed by atoms with Crippen LogP contribution in [0.2, 0.25) is 0 Å². The van der Waals surface area contributed by atoms with E-state index in [2.05, 4.69) is 10.1 Å². The molecule has 0 saturated heterocycles. The first-order valence-electron chi connectivity index (χ1n) is 2.50. The van der Waals surface area contributed by atoms with Crippen LogP contribution in [-0.2, 0) is 0 Å². The number of aromatic nitrogens is 3. The fourth-order valence-electron chi connectivity index (χ4n) is 0.672. The largest absolute Gasteiger partial charge is 0.492 e. The topological polar surface area (TPSA) is 70.7 Å². The molecule has 52 valence electrons. The van der Waals surface area contributed by atoms with Crippen LogP contribution in [0.4, 0.5) is 0 Å². The summed E-state index contributed by atoms with van der Waals surface area (Å²) in [5.74, 6) is -0.0634. The van der Waals surface area contributed by atoms with Crippen molar-refractivity contribution < 1.29 is 10.2 Å². The fraction of sp³-hybridized carbons (Fsp3) is 0. The number of rotatable bonds is 0. The second kappa shape index (κ2) is 1.60. The van der Waals surface area contributed by atoms with E-state index >= 15 is 0 Å². The molecule has 0 aromatic carbocycles. The van der Waals surface area contributed by atoms with Gasteiger partial charge in [0.05, 0.1) is 6.20 Å². The number of hydrogen-bond donors (Lipinski definition) is 2. The Hall–Kier alpha value is -1.30. The van der Waals surface area contributed by atoms with E-state index in [4.69, 9.17) is 10.2 Å². The average molecular weight is 157 g/mol. The van der Waals surface area contributed by atoms with Gasteiger partial charge in [0.15, 0.2) is 0 Å². The Balaban J connectivity index is 2.90. The van der Waals surface area contributed by atoms with Gasteiger partial charge in [-0.2, -0.15) is 4.52 Å². The molecule has 2 N–H and O–H groups in total. The molecule has 0 spiro atoms. The van der Waals surface area contributed by atoms with Crippen LogP contribution < -0.4 is 0 Å². The highest BCUT2D eigenvalue weighted by molar-refractivity contribution is 7.18. The van der Waals surface area contributed by atoms with E-state index in [-0.39, 0.29) is 11.1 Å². The highest BCUT2D eigenvalue weighted by Crippen LogP contribution is 2.22. The zero-order valence-corrected chi connectivity index (χ0v) is 5.54. The zero-order chi connectivity index (χ0) is 7.14. The van der Waals surface area contributed by atoms with Crippen molar-refractivity contribution in [3.63, 3.8) is 0 Å². The van der Waals surface area contributed by atoms with Gasteiger partial charge in [0, 0.05) is 0 Å². The van der Waals surface area contributed by atoms with Gasteiger partial charge in [-0.15, -0.1) is 5.10 Å². The predicted octanol–water partition coefficient (Wildman–Crippen LogP) is 0.202. The first kappa shape index (κ1) is 5.48. The van der Waals surface area contributed by atoms with Gasteiger partial charge in [-0.25, -0.2) is 4.98 Å². The van der Waals surface area contributed by atoms with Crippen LogP contribution in [0.1, 0.15) is 0 Å². The van der Waals surface area contributed by atoms with E-state index in [0.717, 1.165) is 11.3 Å². The van der Waals surface area contributed by atoms with Gasteiger partial charge in [0.2, 0.25) is 10.8 Å². The van der Waals surface area contributed by atoms with E-state index in [1.54, 1.807) is 0 Å². The second-order valence-electron chi connectivity index (χ2n) is 1.70. The summed E-state index contributed by atoms with van der Waals surface area (Å²) in [5.41, 5.74) is 0. The van der Waals surface area contributed by atoms with E-state index in [1.807, 2.05) is 0 Å². The normalized spacial score (nSPS) is 10.8. The smallest absolute Gasteiger partial charge is 0.291 e. The van der Waals surface area contributed by atoms with Gasteiger partial charge in [-0.05, 0) is 11.3 Å². The summed E-state index contributed by atoms with van der Waals surface area (Å²) in [5, 5.41) is 21.2. The summed E-state index contributed by atoms with van der Waals surface area (Å²) in [4.78, 5) is 4.23. The summed E-state index contributed by atoms with van der Waals surface area (Å²) >= 11 is 1.01. The Morgan fingerprint density at radius 2 is 2.30 bits per heavy atom. The molecule has 0 bridgehead atoms. The van der Waals surface area contributed by atoms with Crippen LogP contribution in [0.25, 0.3) is 4.96 Å². The van der Waals surface area contributed by atoms with Crippen molar-refractivity contribution in [1.82, 2.24) is 14.6 Å². The number of nitrogens with zero attached hydrogens (tertiary/aromatic N) is 3. The summed E-state index contributed by atoms with van der Waals surface area (Å²) in [6, 6.07) is 0. The molecule has 0 saturated carbocycles. The molecule has 0 radical (unpaired) electrons. The SMILES string of the molecule is Oc1nn2c(O)cnc2s1. The molecule has 2 aromatic heterocycles. The van der Waals surface area contributed by atoms with Gasteiger partial charge >= 0.3 is 0 Å². The first-order chi connectivity index (χ1) is 4.77. The van der Waals surface area contributed by atoms with Crippen LogP contribution in [0.15, 0.2) is 6.20 Å². The van der Waals surface area contributed by atoms with Crippen molar-refractivity contribution in [2.75, 3.05) is 0 Å². The van der Waals surface area contributed by atoms with Gasteiger partial charge in [0.1, 0.15) is 0 Å². The molecule has 10 heavy (non-hydrogen) atoms. The van der Waals surface area contributed by atoms with Gasteiger partial charge in [-0.3, -0.25) is 0 Å². The number of hydrogen-bond acceptors (Lipinski definition) is 5. The Labute approximate surface area is 59.2 Å². The Bertz CT molecular complexity index is 365. The van der Waals surface area contributed by atoms with E-state index in [0.29, 0.717) is 4.96 Å². The van der Waals surface area contributed by atoms with E-state index in [9.17, 15) is 0 Å². The second-order valence-corrected chi connectivity index (χ2v) is 2.63. The highest BCUT2D eigenvalue weighted by atomic mass is 32.1. The number of aromatic hydroxyl groups is 2. The van der Waals surface area contributed by atoms with Crippen LogP contribution in [0, 0.1) is 0 Å². The molecule has 6 heteroatoms. The lowest BCUT2D eigenvalue weighted by Crippen LogP contribution is -1.79. The maximum absolute atomic E-state index is 8.96. The maximum atomic E-state index is 8.96. The summed E-state index contributed by atoms with van der Waals surface area (Å²) < 4.78 is 1.17. The Morgan fingerprint density at radius 3 is 3.00 bits per heavy atom. The molecule has 0 atom stereocenters. The maximum Gasteiger partial charge on any atom is 0.291 e. The van der Waals surface area contributed by atoms with Gasteiger partial charge < -0.3 is 10.2 Å². The van der Waals surface area contributed by atoms with Crippen LogP contribution in [0.5, 0.6) is 11.1 Å². The first-order valence-corrected chi connectivity index (χ1v) is 3.31. The monoisotopic (exact) mass is 157 g/mol. The molecule has 0 unspecified atom stereocenters. The van der Waals surface area contributed by atoms with Gasteiger partial charge in [-0.1, -0.05) is 0 Å². The summed E-state index contributed by atoms with van der Waals surface area (Å²) in [7, 11) is 0. The molecule has 5 nitrogen and oxygen atoms in total. The van der Waals surface area contributed by atoms with Crippen molar-refractivity contribution in [3.05, 3.63) is 6.20 Å². The molecule has 0 aliphatic carbocycles. The van der Waals surface area contributed by atoms with Crippen LogP contribution in [-0.4, -0.2) is 24.8 Å². The van der Waals surface area contributed by atoms with Crippen molar-refractivity contribution in [2.45, 2.75) is 0 Å². The zero-order valence-electron chi connectivity index (χ0n) is 4.72. The molecular formula is C4H3N3O2S. The average Bonchev–Trinajstić information content (AvgIpc) is 2.35. The summed E-state index contributed by atoms with van der Waals surface area (Å²) in [6.45, 7) is 0. The van der Waals surface area contributed by atoms with E-state index in [1.165, 1.54) is 10.7 Å². The number of fused-ring (bicyclic) bond motifs is 1. The summed E-state index contributed by atoms with van der Waals surface area (Å²) in [6.07, 6.45) is 1.28. The van der Waals surface area contributed by atoms with Crippen molar-refractivity contribution in [2.24, 2.45) is 0 Å². The van der Waals surface area contributed by atoms with Crippen LogP contribution >= 0.6 is 11.3 Å². The molecule has 2 heterocycles. The third-order valence-electron chi connectivity index (χ3n) is 1.06. The molecule has 0 aliphatic rings. The van der Waals surface area contributed by atoms with Gasteiger partial charge in [0.25, 0.3) is 5.19 Å². The molecule has 2 aromatic rings. The molecule has 0 amide bonds. The lowest BCUT2D eigenvalue weighted by atomic mass is 10.9. The van der Waals surface area contributed by atoms with Crippen molar-refractivity contribution in [1.29, 1.82) is 0 Å². The third-order valence-corrected chi connectivity index (χ3v) is 1.78. The van der Waals surface area contributed by atoms with Crippen LogP contribution in [0.3, 0.4) is 0 Å². The molecule has 2 rings (SSSR count). The Morgan fingerprint density at radius 1 is 1.50 bits per heavy atom. The standard InChI is InChI=1S/C4H3N3O2S/c8-2-1-5-3-7(2)6-4(9)10-3/h1,8H,(H,6,9). The molecule has 0 aliphatic heterocycles. The number of imidazole rings is 1. The quantitative estimate of drug-likeness (QED) is 0.573. The lowest BCUT2D eigenvalue weighted by Gasteiger charge is -1.80. The van der Waals surface area contributed by atoms with Crippen molar-refractivity contribution in [3.8, 4) is 11.1 Å². The molecule has 0 fully saturated rings. The fourth-order valence-corrected chi connectivity index (χ4v) is 1.28. The minimum Gasteiger partial charge on any atom is -0.492 e. The minimum absolute atomic E-state index is 0.0634. The van der Waals surface area contributed by atoms with Crippen molar-refractivity contribution >= 4 is 16.3 Å². The highest BCUT2D eigenvalue weighted by Gasteiger charge is 2.06. The van der Waals surface area contributed by atoms with E-state index < -0.39 is 0 Å². The molecular weight excluding hydrogens is 154 g/mol. The Kier molecular flexibility index (Phi) is 0.877. The predicted molar refractivity (Wildman–Crippen MR) is 34.2 cm³/mol. The third kappa shape index (κ3) is 0.561.